The van der Waals surface area contributed by atoms with Crippen molar-refractivity contribution in [3.05, 3.63) is 41.2 Å². The van der Waals surface area contributed by atoms with Crippen molar-refractivity contribution in [1.82, 2.24) is 10.1 Å². The second-order valence-electron chi connectivity index (χ2n) is 5.84. The Labute approximate surface area is 130 Å². The van der Waals surface area contributed by atoms with Crippen molar-refractivity contribution < 1.29 is 17.4 Å². The van der Waals surface area contributed by atoms with Gasteiger partial charge in [-0.3, -0.25) is 4.90 Å². The summed E-state index contributed by atoms with van der Waals surface area (Å²) in [4.78, 5) is 2.15. The van der Waals surface area contributed by atoms with E-state index >= 15 is 0 Å². The molecule has 7 heteroatoms. The fraction of sp³-hybridized carbons (Fsp3) is 0.533. The molecule has 6 nitrogen and oxygen atoms in total. The summed E-state index contributed by atoms with van der Waals surface area (Å²) in [6.07, 6.45) is 2.29. The van der Waals surface area contributed by atoms with Crippen molar-refractivity contribution in [2.24, 2.45) is 0 Å². The molecule has 120 valence electrons. The first-order valence-electron chi connectivity index (χ1n) is 7.33. The van der Waals surface area contributed by atoms with Crippen molar-refractivity contribution in [2.45, 2.75) is 39.4 Å². The molecule has 0 unspecified atom stereocenters. The lowest BCUT2D eigenvalue weighted by Gasteiger charge is -2.27. The smallest absolute Gasteiger partial charge is 0.151 e. The number of hydrogen-bond acceptors (Lipinski definition) is 6. The van der Waals surface area contributed by atoms with E-state index in [9.17, 15) is 8.42 Å². The quantitative estimate of drug-likeness (QED) is 0.838. The van der Waals surface area contributed by atoms with E-state index < -0.39 is 9.84 Å². The van der Waals surface area contributed by atoms with E-state index in [1.54, 1.807) is 6.26 Å². The fourth-order valence-corrected chi connectivity index (χ4v) is 4.67. The average Bonchev–Trinajstić information content (AvgIpc) is 3.15. The molecule has 1 aliphatic heterocycles. The lowest BCUT2D eigenvalue weighted by Crippen LogP contribution is -2.35. The molecule has 1 aliphatic rings. The first-order valence-corrected chi connectivity index (χ1v) is 9.15. The predicted molar refractivity (Wildman–Crippen MR) is 81.0 cm³/mol. The summed E-state index contributed by atoms with van der Waals surface area (Å²) in [6, 6.07) is 3.75. The fourth-order valence-electron chi connectivity index (χ4n) is 2.91. The Bertz CT molecular complexity index is 714. The molecule has 0 aliphatic carbocycles. The zero-order chi connectivity index (χ0) is 15.7. The Morgan fingerprint density at radius 2 is 2.18 bits per heavy atom. The number of aromatic nitrogens is 1. The molecule has 2 aromatic heterocycles. The van der Waals surface area contributed by atoms with E-state index in [0.717, 1.165) is 22.8 Å². The maximum atomic E-state index is 11.8. The molecule has 2 aromatic rings. The van der Waals surface area contributed by atoms with Crippen LogP contribution in [0.3, 0.4) is 0 Å². The van der Waals surface area contributed by atoms with Crippen LogP contribution in [0.15, 0.2) is 27.3 Å². The van der Waals surface area contributed by atoms with E-state index in [1.807, 2.05) is 26.0 Å². The molecule has 0 spiro atoms. The highest BCUT2D eigenvalue weighted by Crippen LogP contribution is 2.24. The summed E-state index contributed by atoms with van der Waals surface area (Å²) in [7, 11) is -2.93. The summed E-state index contributed by atoms with van der Waals surface area (Å²) in [5, 5.41) is 3.98. The van der Waals surface area contributed by atoms with Crippen LogP contribution in [0.4, 0.5) is 0 Å². The van der Waals surface area contributed by atoms with Gasteiger partial charge in [-0.25, -0.2) is 8.42 Å². The molecule has 0 N–H and O–H groups in total. The van der Waals surface area contributed by atoms with Gasteiger partial charge in [-0.1, -0.05) is 5.16 Å². The first kappa shape index (κ1) is 15.3. The largest absolute Gasteiger partial charge is 0.468 e. The summed E-state index contributed by atoms with van der Waals surface area (Å²) in [5.74, 6) is 2.07. The van der Waals surface area contributed by atoms with Crippen LogP contribution in [-0.2, 0) is 22.9 Å². The van der Waals surface area contributed by atoms with Crippen LogP contribution >= 0.6 is 0 Å². The number of nitrogens with zero attached hydrogens (tertiary/aromatic N) is 2. The zero-order valence-electron chi connectivity index (χ0n) is 12.8. The van der Waals surface area contributed by atoms with Gasteiger partial charge in [0.05, 0.1) is 30.0 Å². The molecule has 0 aromatic carbocycles. The number of sulfone groups is 1. The monoisotopic (exact) mass is 324 g/mol. The van der Waals surface area contributed by atoms with Crippen molar-refractivity contribution in [3.8, 4) is 0 Å². The van der Waals surface area contributed by atoms with Gasteiger partial charge in [-0.05, 0) is 32.4 Å². The van der Waals surface area contributed by atoms with Gasteiger partial charge in [-0.15, -0.1) is 0 Å². The van der Waals surface area contributed by atoms with E-state index in [1.165, 1.54) is 0 Å². The molecule has 0 bridgehead atoms. The van der Waals surface area contributed by atoms with Crippen LogP contribution in [-0.4, -0.2) is 36.0 Å². The van der Waals surface area contributed by atoms with Crippen LogP contribution in [0.5, 0.6) is 0 Å². The molecule has 1 saturated heterocycles. The molecular formula is C15H20N2O4S. The van der Waals surface area contributed by atoms with E-state index in [-0.39, 0.29) is 17.5 Å². The van der Waals surface area contributed by atoms with E-state index in [2.05, 4.69) is 10.1 Å². The van der Waals surface area contributed by atoms with Gasteiger partial charge in [-0.2, -0.15) is 0 Å². The Morgan fingerprint density at radius 3 is 2.73 bits per heavy atom. The van der Waals surface area contributed by atoms with Gasteiger partial charge in [0.2, 0.25) is 0 Å². The Balaban J connectivity index is 1.83. The minimum Gasteiger partial charge on any atom is -0.468 e. The summed E-state index contributed by atoms with van der Waals surface area (Å²) in [6.45, 7) is 4.98. The summed E-state index contributed by atoms with van der Waals surface area (Å²) in [5.41, 5.74) is 1.87. The van der Waals surface area contributed by atoms with Crippen LogP contribution in [0.1, 0.15) is 29.2 Å². The van der Waals surface area contributed by atoms with Gasteiger partial charge in [0, 0.05) is 18.2 Å². The normalized spacial score (nSPS) is 20.8. The van der Waals surface area contributed by atoms with Gasteiger partial charge < -0.3 is 8.94 Å². The molecule has 0 amide bonds. The van der Waals surface area contributed by atoms with Crippen LogP contribution in [0, 0.1) is 13.8 Å². The summed E-state index contributed by atoms with van der Waals surface area (Å²) >= 11 is 0. The minimum atomic E-state index is -2.93. The number of furan rings is 1. The molecular weight excluding hydrogens is 304 g/mol. The molecule has 3 rings (SSSR count). The first-order chi connectivity index (χ1) is 10.4. The number of hydrogen-bond donors (Lipinski definition) is 0. The lowest BCUT2D eigenvalue weighted by atomic mass is 10.1. The topological polar surface area (TPSA) is 76.6 Å². The second-order valence-corrected chi connectivity index (χ2v) is 8.07. The molecule has 3 heterocycles. The van der Waals surface area contributed by atoms with E-state index in [0.29, 0.717) is 19.5 Å². The highest BCUT2D eigenvalue weighted by molar-refractivity contribution is 7.91. The molecule has 1 atom stereocenters. The SMILES string of the molecule is Cc1noc(C)c1CN(Cc1ccco1)[C@H]1CCS(=O)(=O)C1. The highest BCUT2D eigenvalue weighted by atomic mass is 32.2. The molecule has 1 fully saturated rings. The maximum absolute atomic E-state index is 11.8. The molecule has 0 radical (unpaired) electrons. The Hall–Kier alpha value is -1.60. The zero-order valence-corrected chi connectivity index (χ0v) is 13.6. The van der Waals surface area contributed by atoms with E-state index in [4.69, 9.17) is 8.94 Å². The van der Waals surface area contributed by atoms with Crippen molar-refractivity contribution in [2.75, 3.05) is 11.5 Å². The van der Waals surface area contributed by atoms with Crippen LogP contribution in [0.25, 0.3) is 0 Å². The third-order valence-electron chi connectivity index (χ3n) is 4.21. The Kier molecular flexibility index (Phi) is 4.10. The molecule has 22 heavy (non-hydrogen) atoms. The van der Waals surface area contributed by atoms with Gasteiger partial charge in [0.25, 0.3) is 0 Å². The molecule has 0 saturated carbocycles. The van der Waals surface area contributed by atoms with Crippen LogP contribution in [0.2, 0.25) is 0 Å². The second kappa shape index (κ2) is 5.89. The third kappa shape index (κ3) is 3.25. The average molecular weight is 324 g/mol. The highest BCUT2D eigenvalue weighted by Gasteiger charge is 2.33. The third-order valence-corrected chi connectivity index (χ3v) is 5.96. The van der Waals surface area contributed by atoms with Crippen molar-refractivity contribution in [1.29, 1.82) is 0 Å². The van der Waals surface area contributed by atoms with Gasteiger partial charge in [0.1, 0.15) is 11.5 Å². The Morgan fingerprint density at radius 1 is 1.36 bits per heavy atom. The maximum Gasteiger partial charge on any atom is 0.151 e. The number of aryl methyl sites for hydroxylation is 2. The minimum absolute atomic E-state index is 0.00352. The number of rotatable bonds is 5. The lowest BCUT2D eigenvalue weighted by molar-refractivity contribution is 0.178. The van der Waals surface area contributed by atoms with Gasteiger partial charge in [0.15, 0.2) is 9.84 Å². The summed E-state index contributed by atoms with van der Waals surface area (Å²) < 4.78 is 34.2. The van der Waals surface area contributed by atoms with Crippen molar-refractivity contribution >= 4 is 9.84 Å². The predicted octanol–water partition coefficient (Wildman–Crippen LogP) is 2.07. The van der Waals surface area contributed by atoms with Crippen molar-refractivity contribution in [3.63, 3.8) is 0 Å². The van der Waals surface area contributed by atoms with Crippen LogP contribution < -0.4 is 0 Å². The standard InChI is InChI=1S/C15H20N2O4S/c1-11-15(12(2)21-16-11)9-17(8-14-4-3-6-20-14)13-5-7-22(18,19)10-13/h3-4,6,13H,5,7-10H2,1-2H3/t13-/m0/s1. The van der Waals surface area contributed by atoms with Gasteiger partial charge >= 0.3 is 0 Å².